The largest absolute Gasteiger partial charge is 0.494 e. The maximum Gasteiger partial charge on any atom is 0.343 e. The van der Waals surface area contributed by atoms with Gasteiger partial charge in [-0.1, -0.05) is 109 Å². The van der Waals surface area contributed by atoms with Gasteiger partial charge in [0.25, 0.3) is 0 Å². The van der Waals surface area contributed by atoms with E-state index in [1.54, 1.807) is 12.1 Å². The van der Waals surface area contributed by atoms with Gasteiger partial charge in [-0.05, 0) is 78.9 Å². The third kappa shape index (κ3) is 13.5. The fourth-order valence-corrected chi connectivity index (χ4v) is 4.80. The van der Waals surface area contributed by atoms with Crippen LogP contribution < -0.4 is 14.2 Å². The molecule has 5 nitrogen and oxygen atoms in total. The molecule has 3 aromatic carbocycles. The van der Waals surface area contributed by atoms with Crippen molar-refractivity contribution in [3.8, 4) is 28.4 Å². The van der Waals surface area contributed by atoms with E-state index in [2.05, 4.69) is 20.8 Å². The maximum absolute atomic E-state index is 12.7. The van der Waals surface area contributed by atoms with Crippen LogP contribution in [-0.2, 0) is 4.74 Å². The van der Waals surface area contributed by atoms with E-state index >= 15 is 0 Å². The van der Waals surface area contributed by atoms with E-state index in [-0.39, 0.29) is 12.1 Å². The molecule has 0 radical (unpaired) electrons. The Balaban J connectivity index is 1.34. The van der Waals surface area contributed by atoms with Crippen LogP contribution in [0.1, 0.15) is 109 Å². The first kappa shape index (κ1) is 35.2. The van der Waals surface area contributed by atoms with Crippen molar-refractivity contribution in [1.29, 1.82) is 0 Å². The number of hydrogen-bond acceptors (Lipinski definition) is 5. The molecule has 0 amide bonds. The molecule has 44 heavy (non-hydrogen) atoms. The van der Waals surface area contributed by atoms with E-state index in [9.17, 15) is 4.79 Å². The van der Waals surface area contributed by atoms with Gasteiger partial charge in [0.2, 0.25) is 0 Å². The van der Waals surface area contributed by atoms with Gasteiger partial charge >= 0.3 is 5.97 Å². The lowest BCUT2D eigenvalue weighted by molar-refractivity contribution is 0.0149. The van der Waals surface area contributed by atoms with Gasteiger partial charge in [0, 0.05) is 6.61 Å². The third-order valence-corrected chi connectivity index (χ3v) is 7.96. The van der Waals surface area contributed by atoms with Gasteiger partial charge < -0.3 is 18.9 Å². The minimum Gasteiger partial charge on any atom is -0.494 e. The number of carbonyl (C=O) groups is 1. The van der Waals surface area contributed by atoms with Crippen LogP contribution in [-0.4, -0.2) is 31.9 Å². The summed E-state index contributed by atoms with van der Waals surface area (Å²) in [4.78, 5) is 12.7. The summed E-state index contributed by atoms with van der Waals surface area (Å²) in [6.45, 7) is 10.6. The molecule has 0 aliphatic heterocycles. The molecule has 3 rings (SSSR count). The molecule has 0 heterocycles. The number of carbonyl (C=O) groups excluding carboxylic acids is 1. The minimum atomic E-state index is -0.386. The lowest BCUT2D eigenvalue weighted by atomic mass is 10.1. The van der Waals surface area contributed by atoms with Gasteiger partial charge in [0.15, 0.2) is 0 Å². The highest BCUT2D eigenvalue weighted by Gasteiger charge is 2.10. The summed E-state index contributed by atoms with van der Waals surface area (Å²) in [5.74, 6) is 2.27. The molecule has 0 N–H and O–H groups in total. The third-order valence-electron chi connectivity index (χ3n) is 7.96. The molecule has 3 aromatic rings. The summed E-state index contributed by atoms with van der Waals surface area (Å²) in [5, 5.41) is 0. The molecule has 0 bridgehead atoms. The average Bonchev–Trinajstić information content (AvgIpc) is 3.06. The maximum atomic E-state index is 12.7. The van der Waals surface area contributed by atoms with Crippen LogP contribution in [0.4, 0.5) is 0 Å². The highest BCUT2D eigenvalue weighted by atomic mass is 16.5. The zero-order valence-corrected chi connectivity index (χ0v) is 27.5. The fraction of sp³-hybridized carbons (Fsp3) is 0.513. The fourth-order valence-electron chi connectivity index (χ4n) is 4.80. The van der Waals surface area contributed by atoms with E-state index in [1.807, 2.05) is 67.6 Å². The SMILES string of the molecule is CCCCCCCCCCCCOc1ccc(C(=O)Oc2ccc(-c3ccc(OC[C@H](C)OC[C@@H](C)CC)cc3)cc2)cc1. The molecule has 0 fully saturated rings. The summed E-state index contributed by atoms with van der Waals surface area (Å²) in [5.41, 5.74) is 2.59. The van der Waals surface area contributed by atoms with Crippen molar-refractivity contribution in [2.45, 2.75) is 104 Å². The predicted molar refractivity (Wildman–Crippen MR) is 181 cm³/mol. The minimum absolute atomic E-state index is 0.0458. The van der Waals surface area contributed by atoms with Gasteiger partial charge in [-0.2, -0.15) is 0 Å². The van der Waals surface area contributed by atoms with E-state index < -0.39 is 0 Å². The molecular weight excluding hydrogens is 548 g/mol. The second kappa shape index (κ2) is 20.6. The number of rotatable bonds is 22. The second-order valence-corrected chi connectivity index (χ2v) is 12.0. The molecule has 240 valence electrons. The average molecular weight is 603 g/mol. The summed E-state index contributed by atoms with van der Waals surface area (Å²) < 4.78 is 23.2. The lowest BCUT2D eigenvalue weighted by Gasteiger charge is -2.17. The Hall–Kier alpha value is -3.31. The molecule has 0 aliphatic rings. The van der Waals surface area contributed by atoms with Gasteiger partial charge in [0.05, 0.1) is 18.3 Å². The van der Waals surface area contributed by atoms with Crippen molar-refractivity contribution in [3.63, 3.8) is 0 Å². The summed E-state index contributed by atoms with van der Waals surface area (Å²) in [6, 6.07) is 22.7. The number of esters is 1. The Morgan fingerprint density at radius 1 is 0.591 bits per heavy atom. The van der Waals surface area contributed by atoms with Crippen molar-refractivity contribution >= 4 is 5.97 Å². The molecule has 5 heteroatoms. The monoisotopic (exact) mass is 602 g/mol. The topological polar surface area (TPSA) is 54.0 Å². The zero-order valence-electron chi connectivity index (χ0n) is 27.5. The first-order chi connectivity index (χ1) is 21.5. The number of unbranched alkanes of at least 4 members (excludes halogenated alkanes) is 9. The second-order valence-electron chi connectivity index (χ2n) is 12.0. The van der Waals surface area contributed by atoms with Gasteiger partial charge in [-0.15, -0.1) is 0 Å². The summed E-state index contributed by atoms with van der Waals surface area (Å²) in [6.07, 6.45) is 14.2. The Kier molecular flexibility index (Phi) is 16.5. The molecule has 0 saturated heterocycles. The van der Waals surface area contributed by atoms with Gasteiger partial charge in [-0.3, -0.25) is 0 Å². The molecular formula is C39H54O5. The quantitative estimate of drug-likeness (QED) is 0.0650. The Morgan fingerprint density at radius 3 is 1.66 bits per heavy atom. The van der Waals surface area contributed by atoms with Gasteiger partial charge in [0.1, 0.15) is 23.9 Å². The predicted octanol–water partition coefficient (Wildman–Crippen LogP) is 10.7. The summed E-state index contributed by atoms with van der Waals surface area (Å²) >= 11 is 0. The van der Waals surface area contributed by atoms with Crippen molar-refractivity contribution in [3.05, 3.63) is 78.4 Å². The van der Waals surface area contributed by atoms with Crippen LogP contribution in [0.5, 0.6) is 17.2 Å². The van der Waals surface area contributed by atoms with Crippen LogP contribution >= 0.6 is 0 Å². The van der Waals surface area contributed by atoms with Crippen LogP contribution in [0, 0.1) is 5.92 Å². The molecule has 2 atom stereocenters. The lowest BCUT2D eigenvalue weighted by Crippen LogP contribution is -2.20. The van der Waals surface area contributed by atoms with Crippen molar-refractivity contribution in [2.75, 3.05) is 19.8 Å². The van der Waals surface area contributed by atoms with E-state index in [4.69, 9.17) is 18.9 Å². The van der Waals surface area contributed by atoms with Crippen LogP contribution in [0.3, 0.4) is 0 Å². The van der Waals surface area contributed by atoms with Gasteiger partial charge in [-0.25, -0.2) is 4.79 Å². The number of ether oxygens (including phenoxy) is 4. The molecule has 0 unspecified atom stereocenters. The van der Waals surface area contributed by atoms with E-state index in [0.29, 0.717) is 30.4 Å². The molecule has 0 saturated carbocycles. The summed E-state index contributed by atoms with van der Waals surface area (Å²) in [7, 11) is 0. The number of benzene rings is 3. The van der Waals surface area contributed by atoms with E-state index in [0.717, 1.165) is 42.1 Å². The standard InChI is InChI=1S/C39H54O5/c1-5-7-8-9-10-11-12-13-14-15-28-41-36-24-20-35(21-25-36)39(40)44-38-26-18-34(19-27-38)33-16-22-37(23-17-33)43-30-32(4)42-29-31(3)6-2/h16-27,31-32H,5-15,28-30H2,1-4H3/t31-,32-/m0/s1. The molecule has 0 aliphatic carbocycles. The number of hydrogen-bond donors (Lipinski definition) is 0. The Morgan fingerprint density at radius 2 is 1.09 bits per heavy atom. The highest BCUT2D eigenvalue weighted by Crippen LogP contribution is 2.25. The van der Waals surface area contributed by atoms with Crippen molar-refractivity contribution < 1.29 is 23.7 Å². The molecule has 0 spiro atoms. The Bertz CT molecular complexity index is 1170. The van der Waals surface area contributed by atoms with Crippen LogP contribution in [0.2, 0.25) is 0 Å². The Labute approximate surface area is 266 Å². The van der Waals surface area contributed by atoms with Crippen LogP contribution in [0.15, 0.2) is 72.8 Å². The first-order valence-electron chi connectivity index (χ1n) is 16.9. The van der Waals surface area contributed by atoms with Crippen molar-refractivity contribution in [2.24, 2.45) is 5.92 Å². The highest BCUT2D eigenvalue weighted by molar-refractivity contribution is 5.91. The smallest absolute Gasteiger partial charge is 0.343 e. The zero-order chi connectivity index (χ0) is 31.4. The first-order valence-corrected chi connectivity index (χ1v) is 16.9. The normalized spacial score (nSPS) is 12.5. The van der Waals surface area contributed by atoms with Crippen molar-refractivity contribution in [1.82, 2.24) is 0 Å². The molecule has 0 aromatic heterocycles. The van der Waals surface area contributed by atoms with E-state index in [1.165, 1.54) is 57.8 Å². The van der Waals surface area contributed by atoms with Crippen LogP contribution in [0.25, 0.3) is 11.1 Å².